The van der Waals surface area contributed by atoms with Crippen molar-refractivity contribution < 1.29 is 16.8 Å². The molecule has 0 heterocycles. The topological polar surface area (TPSA) is 92.3 Å². The van der Waals surface area contributed by atoms with E-state index in [1.54, 1.807) is 25.1 Å². The van der Waals surface area contributed by atoms with Crippen LogP contribution >= 0.6 is 15.9 Å². The maximum atomic E-state index is 12.2. The first kappa shape index (κ1) is 20.1. The quantitative estimate of drug-likeness (QED) is 0.650. The highest BCUT2D eigenvalue weighted by Gasteiger charge is 2.18. The highest BCUT2D eigenvalue weighted by molar-refractivity contribution is 9.10. The number of nitrogens with one attached hydrogen (secondary N) is 2. The summed E-state index contributed by atoms with van der Waals surface area (Å²) in [6.45, 7) is 1.52. The first-order valence-electron chi connectivity index (χ1n) is 7.50. The summed E-state index contributed by atoms with van der Waals surface area (Å²) >= 11 is 3.34. The molecule has 2 aromatic carbocycles. The summed E-state index contributed by atoms with van der Waals surface area (Å²) in [5.74, 6) is -0.350. The predicted molar refractivity (Wildman–Crippen MR) is 101 cm³/mol. The molecule has 0 saturated carbocycles. The smallest absolute Gasteiger partial charge is 0.212 e. The lowest BCUT2D eigenvalue weighted by molar-refractivity contribution is 0.564. The van der Waals surface area contributed by atoms with Crippen molar-refractivity contribution in [2.24, 2.45) is 0 Å². The van der Waals surface area contributed by atoms with Crippen LogP contribution in [0.15, 0.2) is 64.0 Å². The van der Waals surface area contributed by atoms with E-state index in [0.29, 0.717) is 0 Å². The molecule has 0 saturated heterocycles. The summed E-state index contributed by atoms with van der Waals surface area (Å²) in [7, 11) is -7.36. The van der Waals surface area contributed by atoms with Crippen LogP contribution < -0.4 is 9.44 Å². The summed E-state index contributed by atoms with van der Waals surface area (Å²) in [6.07, 6.45) is 0. The number of halogens is 1. The normalized spacial score (nSPS) is 13.5. The average Bonchev–Trinajstić information content (AvgIpc) is 2.55. The van der Waals surface area contributed by atoms with Gasteiger partial charge in [0.1, 0.15) is 0 Å². The second-order valence-electron chi connectivity index (χ2n) is 5.42. The Morgan fingerprint density at radius 3 is 2.32 bits per heavy atom. The van der Waals surface area contributed by atoms with E-state index in [1.165, 1.54) is 12.1 Å². The van der Waals surface area contributed by atoms with Gasteiger partial charge in [0.05, 0.1) is 10.6 Å². The third-order valence-electron chi connectivity index (χ3n) is 3.42. The maximum absolute atomic E-state index is 12.2. The lowest BCUT2D eigenvalue weighted by Crippen LogP contribution is -2.35. The minimum absolute atomic E-state index is 0.0999. The van der Waals surface area contributed by atoms with Gasteiger partial charge in [-0.1, -0.05) is 46.3 Å². The van der Waals surface area contributed by atoms with Crippen LogP contribution in [0, 0.1) is 0 Å². The zero-order chi connectivity index (χ0) is 18.5. The van der Waals surface area contributed by atoms with Gasteiger partial charge in [0.15, 0.2) is 0 Å². The first-order valence-corrected chi connectivity index (χ1v) is 11.4. The molecule has 0 bridgehead atoms. The fourth-order valence-electron chi connectivity index (χ4n) is 2.17. The molecule has 0 aromatic heterocycles. The molecule has 25 heavy (non-hydrogen) atoms. The third kappa shape index (κ3) is 6.19. The monoisotopic (exact) mass is 446 g/mol. The Hall–Kier alpha value is -1.26. The van der Waals surface area contributed by atoms with Crippen molar-refractivity contribution in [3.63, 3.8) is 0 Å². The molecule has 6 nitrogen and oxygen atoms in total. The molecule has 0 amide bonds. The lowest BCUT2D eigenvalue weighted by atomic mass is 10.1. The van der Waals surface area contributed by atoms with Crippen LogP contribution in [-0.4, -0.2) is 29.1 Å². The van der Waals surface area contributed by atoms with Gasteiger partial charge in [-0.2, -0.15) is 0 Å². The van der Waals surface area contributed by atoms with Gasteiger partial charge in [0.2, 0.25) is 20.0 Å². The molecule has 136 valence electrons. The minimum Gasteiger partial charge on any atom is -0.212 e. The Kier molecular flexibility index (Phi) is 6.75. The lowest BCUT2D eigenvalue weighted by Gasteiger charge is -2.15. The number of benzene rings is 2. The van der Waals surface area contributed by atoms with E-state index in [1.807, 2.05) is 24.3 Å². The van der Waals surface area contributed by atoms with Crippen molar-refractivity contribution in [3.8, 4) is 0 Å². The Balaban J connectivity index is 1.93. The Morgan fingerprint density at radius 2 is 1.68 bits per heavy atom. The molecule has 0 aliphatic carbocycles. The predicted octanol–water partition coefficient (Wildman–Crippen LogP) is 2.41. The molecule has 2 rings (SSSR count). The van der Waals surface area contributed by atoms with Gasteiger partial charge in [-0.05, 0) is 36.8 Å². The van der Waals surface area contributed by atoms with Gasteiger partial charge >= 0.3 is 0 Å². The van der Waals surface area contributed by atoms with E-state index in [4.69, 9.17) is 0 Å². The highest BCUT2D eigenvalue weighted by atomic mass is 79.9. The Labute approximate surface area is 156 Å². The maximum Gasteiger partial charge on any atom is 0.240 e. The SMILES string of the molecule is CC(NS(=O)(=O)CCNS(=O)(=O)c1ccccc1)c1cccc(Br)c1. The molecular weight excluding hydrogens is 428 g/mol. The van der Waals surface area contributed by atoms with Gasteiger partial charge in [-0.25, -0.2) is 26.3 Å². The first-order chi connectivity index (χ1) is 11.7. The molecule has 1 atom stereocenters. The molecule has 1 unspecified atom stereocenters. The second-order valence-corrected chi connectivity index (χ2v) is 9.98. The summed E-state index contributed by atoms with van der Waals surface area (Å²) < 4.78 is 54.2. The average molecular weight is 447 g/mol. The summed E-state index contributed by atoms with van der Waals surface area (Å²) in [5.41, 5.74) is 0.808. The van der Waals surface area contributed by atoms with Gasteiger partial charge in [0.25, 0.3) is 0 Å². The van der Waals surface area contributed by atoms with E-state index in [0.717, 1.165) is 10.0 Å². The summed E-state index contributed by atoms with van der Waals surface area (Å²) in [5, 5.41) is 0. The highest BCUT2D eigenvalue weighted by Crippen LogP contribution is 2.18. The fourth-order valence-corrected chi connectivity index (χ4v) is 4.93. The molecule has 2 N–H and O–H groups in total. The molecule has 0 radical (unpaired) electrons. The van der Waals surface area contributed by atoms with Gasteiger partial charge in [-0.15, -0.1) is 0 Å². The molecular formula is C16H19BrN2O4S2. The third-order valence-corrected chi connectivity index (χ3v) is 6.85. The van der Waals surface area contributed by atoms with E-state index < -0.39 is 26.1 Å². The van der Waals surface area contributed by atoms with Crippen LogP contribution in [0.25, 0.3) is 0 Å². The van der Waals surface area contributed by atoms with Gasteiger partial charge in [0, 0.05) is 17.1 Å². The fraction of sp³-hybridized carbons (Fsp3) is 0.250. The standard InChI is InChI=1S/C16H19BrN2O4S2/c1-13(14-6-5-7-15(17)12-14)19-24(20,21)11-10-18-25(22,23)16-8-3-2-4-9-16/h2-9,12-13,18-19H,10-11H2,1H3. The molecule has 0 aliphatic rings. The van der Waals surface area contributed by atoms with Crippen LogP contribution in [0.4, 0.5) is 0 Å². The number of sulfonamides is 2. The van der Waals surface area contributed by atoms with Gasteiger partial charge < -0.3 is 0 Å². The van der Waals surface area contributed by atoms with Crippen molar-refractivity contribution in [1.82, 2.24) is 9.44 Å². The van der Waals surface area contributed by atoms with Crippen molar-refractivity contribution in [3.05, 3.63) is 64.6 Å². The Morgan fingerprint density at radius 1 is 1.00 bits per heavy atom. The second kappa shape index (κ2) is 8.41. The largest absolute Gasteiger partial charge is 0.240 e. The summed E-state index contributed by atoms with van der Waals surface area (Å²) in [6, 6.07) is 14.7. The molecule has 2 aromatic rings. The van der Waals surface area contributed by atoms with Crippen molar-refractivity contribution in [1.29, 1.82) is 0 Å². The van der Waals surface area contributed by atoms with E-state index in [-0.39, 0.29) is 17.2 Å². The number of hydrogen-bond acceptors (Lipinski definition) is 4. The molecule has 0 aliphatic heterocycles. The van der Waals surface area contributed by atoms with E-state index in [2.05, 4.69) is 25.4 Å². The number of rotatable bonds is 8. The van der Waals surface area contributed by atoms with E-state index in [9.17, 15) is 16.8 Å². The van der Waals surface area contributed by atoms with Gasteiger partial charge in [-0.3, -0.25) is 0 Å². The van der Waals surface area contributed by atoms with Crippen LogP contribution in [0.5, 0.6) is 0 Å². The van der Waals surface area contributed by atoms with Crippen LogP contribution in [-0.2, 0) is 20.0 Å². The molecule has 0 spiro atoms. The van der Waals surface area contributed by atoms with Crippen molar-refractivity contribution in [2.75, 3.05) is 12.3 Å². The number of hydrogen-bond donors (Lipinski definition) is 2. The molecule has 0 fully saturated rings. The van der Waals surface area contributed by atoms with Crippen LogP contribution in [0.1, 0.15) is 18.5 Å². The van der Waals surface area contributed by atoms with E-state index >= 15 is 0 Å². The minimum atomic E-state index is -3.72. The van der Waals surface area contributed by atoms with Crippen molar-refractivity contribution in [2.45, 2.75) is 17.9 Å². The zero-order valence-corrected chi connectivity index (χ0v) is 16.7. The zero-order valence-electron chi connectivity index (χ0n) is 13.5. The summed E-state index contributed by atoms with van der Waals surface area (Å²) in [4.78, 5) is 0.0999. The Bertz CT molecular complexity index is 916. The van der Waals surface area contributed by atoms with Crippen molar-refractivity contribution >= 4 is 36.0 Å². The molecule has 9 heteroatoms. The van der Waals surface area contributed by atoms with Crippen LogP contribution in [0.3, 0.4) is 0 Å². The van der Waals surface area contributed by atoms with Crippen LogP contribution in [0.2, 0.25) is 0 Å².